The van der Waals surface area contributed by atoms with Crippen LogP contribution in [-0.2, 0) is 42.2 Å². The summed E-state index contributed by atoms with van der Waals surface area (Å²) in [6.07, 6.45) is 0.565. The fourth-order valence-corrected chi connectivity index (χ4v) is 7.38. The molecular weight excluding hydrogens is 739 g/mol. The highest BCUT2D eigenvalue weighted by atomic mass is 16.2. The highest BCUT2D eigenvalue weighted by Crippen LogP contribution is 2.40. The number of carbonyl (C=O) groups excluding carboxylic acids is 5. The summed E-state index contributed by atoms with van der Waals surface area (Å²) >= 11 is 0. The Bertz CT molecular complexity index is 2030. The molecule has 0 aromatic heterocycles. The Morgan fingerprint density at radius 1 is 0.475 bits per heavy atom. The van der Waals surface area contributed by atoms with Crippen LogP contribution in [0.2, 0.25) is 0 Å². The number of amides is 5. The molecule has 5 aromatic rings. The first-order valence-electron chi connectivity index (χ1n) is 20.2. The van der Waals surface area contributed by atoms with Gasteiger partial charge in [0.05, 0.1) is 0 Å². The molecule has 0 spiro atoms. The third kappa shape index (κ3) is 11.3. The molecule has 5 amide bonds. The van der Waals surface area contributed by atoms with E-state index in [0.29, 0.717) is 0 Å². The summed E-state index contributed by atoms with van der Waals surface area (Å²) in [5.41, 5.74) is 8.16. The van der Waals surface area contributed by atoms with E-state index in [1.54, 1.807) is 13.8 Å². The van der Waals surface area contributed by atoms with Crippen LogP contribution in [0.5, 0.6) is 0 Å². The Morgan fingerprint density at radius 3 is 1.24 bits per heavy atom. The zero-order valence-corrected chi connectivity index (χ0v) is 34.1. The number of nitrogens with one attached hydrogen (secondary N) is 4. The second-order valence-corrected chi connectivity index (χ2v) is 15.6. The topological polar surface area (TPSA) is 159 Å². The van der Waals surface area contributed by atoms with Gasteiger partial charge in [-0.3, -0.25) is 24.0 Å². The van der Waals surface area contributed by atoms with Gasteiger partial charge in [0.25, 0.3) is 0 Å². The van der Waals surface area contributed by atoms with Crippen molar-refractivity contribution >= 4 is 29.5 Å². The number of carbonyl (C=O) groups is 5. The Morgan fingerprint density at radius 2 is 0.847 bits per heavy atom. The molecule has 5 aromatic carbocycles. The number of hydrogen-bond acceptors (Lipinski definition) is 5. The highest BCUT2D eigenvalue weighted by Gasteiger charge is 2.45. The van der Waals surface area contributed by atoms with E-state index >= 15 is 4.79 Å². The van der Waals surface area contributed by atoms with E-state index < -0.39 is 65.0 Å². The number of hydrogen-bond donors (Lipinski definition) is 5. The molecule has 306 valence electrons. The quantitative estimate of drug-likeness (QED) is 0.0685. The van der Waals surface area contributed by atoms with Gasteiger partial charge in [-0.1, -0.05) is 179 Å². The van der Waals surface area contributed by atoms with Crippen molar-refractivity contribution in [2.75, 3.05) is 0 Å². The first kappa shape index (κ1) is 43.6. The SMILES string of the molecule is CC(C)C[C@@H](NC(=O)C(c1ccccc1)(c1ccccc1)c1ccccc1)C(=O)N[C@@H](C(=O)N[C@H](Cc1ccccc1)C(=O)N[C@H](Cc1ccccc1)C(N)=O)C(C)C. The molecule has 0 radical (unpaired) electrons. The fraction of sp³-hybridized carbons (Fsp3) is 0.286. The van der Waals surface area contributed by atoms with Crippen LogP contribution in [0.4, 0.5) is 0 Å². The van der Waals surface area contributed by atoms with E-state index in [0.717, 1.165) is 27.8 Å². The fourth-order valence-electron chi connectivity index (χ4n) is 7.38. The van der Waals surface area contributed by atoms with Crippen LogP contribution >= 0.6 is 0 Å². The van der Waals surface area contributed by atoms with Gasteiger partial charge in [-0.05, 0) is 46.1 Å². The van der Waals surface area contributed by atoms with E-state index in [4.69, 9.17) is 5.73 Å². The summed E-state index contributed by atoms with van der Waals surface area (Å²) in [6.45, 7) is 7.51. The average molecular weight is 794 g/mol. The van der Waals surface area contributed by atoms with Crippen molar-refractivity contribution in [2.24, 2.45) is 17.6 Å². The lowest BCUT2D eigenvalue weighted by atomic mass is 9.68. The average Bonchev–Trinajstić information content (AvgIpc) is 3.23. The Balaban J connectivity index is 1.42. The molecular formula is C49H55N5O5. The van der Waals surface area contributed by atoms with Gasteiger partial charge in [0.2, 0.25) is 29.5 Å². The van der Waals surface area contributed by atoms with Crippen LogP contribution in [-0.4, -0.2) is 53.7 Å². The Hall–Kier alpha value is -6.55. The summed E-state index contributed by atoms with van der Waals surface area (Å²) in [5.74, 6) is -3.26. The van der Waals surface area contributed by atoms with Gasteiger partial charge >= 0.3 is 0 Å². The van der Waals surface area contributed by atoms with Crippen molar-refractivity contribution in [1.82, 2.24) is 21.3 Å². The van der Waals surface area contributed by atoms with Crippen LogP contribution in [0.25, 0.3) is 0 Å². The number of primary amides is 1. The first-order valence-corrected chi connectivity index (χ1v) is 20.2. The van der Waals surface area contributed by atoms with E-state index in [9.17, 15) is 19.2 Å². The maximum Gasteiger partial charge on any atom is 0.243 e. The monoisotopic (exact) mass is 793 g/mol. The lowest BCUT2D eigenvalue weighted by molar-refractivity contribution is -0.135. The standard InChI is InChI=1S/C49H55N5O5/c1-33(2)30-41(53-48(59)49(37-24-14-7-15-25-37,38-26-16-8-17-27-38)39-28-18-9-19-29-39)46(57)54-43(34(3)4)47(58)52-42(32-36-22-12-6-13-23-36)45(56)51-40(44(50)55)31-35-20-10-5-11-21-35/h5-29,33-34,40-43H,30-32H2,1-4H3,(H2,50,55)(H,51,56)(H,52,58)(H,53,59)(H,54,57)/t40-,41-,42-,43-/m1/s1. The molecule has 0 heterocycles. The molecule has 10 nitrogen and oxygen atoms in total. The van der Waals surface area contributed by atoms with Gasteiger partial charge < -0.3 is 27.0 Å². The molecule has 5 rings (SSSR count). The molecule has 59 heavy (non-hydrogen) atoms. The smallest absolute Gasteiger partial charge is 0.243 e. The zero-order valence-electron chi connectivity index (χ0n) is 34.1. The van der Waals surface area contributed by atoms with E-state index in [1.807, 2.05) is 166 Å². The van der Waals surface area contributed by atoms with Crippen LogP contribution < -0.4 is 27.0 Å². The van der Waals surface area contributed by atoms with E-state index in [-0.39, 0.29) is 25.2 Å². The zero-order chi connectivity index (χ0) is 42.4. The molecule has 0 saturated carbocycles. The van der Waals surface area contributed by atoms with Crippen molar-refractivity contribution in [2.45, 2.75) is 76.5 Å². The number of benzene rings is 5. The summed E-state index contributed by atoms with van der Waals surface area (Å²) in [7, 11) is 0. The van der Waals surface area contributed by atoms with E-state index in [1.165, 1.54) is 0 Å². The predicted molar refractivity (Wildman–Crippen MR) is 231 cm³/mol. The molecule has 0 bridgehead atoms. The molecule has 0 saturated heterocycles. The normalized spacial score (nSPS) is 13.4. The van der Waals surface area contributed by atoms with Crippen molar-refractivity contribution < 1.29 is 24.0 Å². The highest BCUT2D eigenvalue weighted by molar-refractivity contribution is 6.00. The van der Waals surface area contributed by atoms with Gasteiger partial charge in [0, 0.05) is 12.8 Å². The van der Waals surface area contributed by atoms with Crippen molar-refractivity contribution in [3.05, 3.63) is 179 Å². The van der Waals surface area contributed by atoms with Gasteiger partial charge in [0.1, 0.15) is 29.6 Å². The first-order chi connectivity index (χ1) is 28.4. The Kier molecular flexibility index (Phi) is 15.3. The molecule has 0 aliphatic carbocycles. The van der Waals surface area contributed by atoms with Crippen molar-refractivity contribution in [1.29, 1.82) is 0 Å². The minimum atomic E-state index is -1.32. The molecule has 0 aliphatic heterocycles. The molecule has 10 heteroatoms. The molecule has 0 unspecified atom stereocenters. The molecule has 6 N–H and O–H groups in total. The van der Waals surface area contributed by atoms with Crippen molar-refractivity contribution in [3.8, 4) is 0 Å². The molecule has 0 fully saturated rings. The second-order valence-electron chi connectivity index (χ2n) is 15.6. The third-order valence-corrected chi connectivity index (χ3v) is 10.4. The maximum absolute atomic E-state index is 15.1. The minimum Gasteiger partial charge on any atom is -0.368 e. The van der Waals surface area contributed by atoms with Gasteiger partial charge in [0.15, 0.2) is 0 Å². The van der Waals surface area contributed by atoms with Gasteiger partial charge in [-0.25, -0.2) is 0 Å². The summed E-state index contributed by atoms with van der Waals surface area (Å²) in [6, 6.07) is 42.5. The van der Waals surface area contributed by atoms with Crippen LogP contribution in [0.1, 0.15) is 61.9 Å². The number of rotatable bonds is 19. The third-order valence-electron chi connectivity index (χ3n) is 10.4. The maximum atomic E-state index is 15.1. The summed E-state index contributed by atoms with van der Waals surface area (Å²) in [5, 5.41) is 11.7. The predicted octanol–water partition coefficient (Wildman–Crippen LogP) is 5.63. The molecule has 0 aliphatic rings. The van der Waals surface area contributed by atoms with Gasteiger partial charge in [-0.15, -0.1) is 0 Å². The Labute approximate surface area is 347 Å². The van der Waals surface area contributed by atoms with Gasteiger partial charge in [-0.2, -0.15) is 0 Å². The van der Waals surface area contributed by atoms with Crippen LogP contribution in [0.3, 0.4) is 0 Å². The number of nitrogens with two attached hydrogens (primary N) is 1. The summed E-state index contributed by atoms with van der Waals surface area (Å²) in [4.78, 5) is 70.2. The van der Waals surface area contributed by atoms with Crippen LogP contribution in [0, 0.1) is 11.8 Å². The van der Waals surface area contributed by atoms with Crippen LogP contribution in [0.15, 0.2) is 152 Å². The largest absolute Gasteiger partial charge is 0.368 e. The van der Waals surface area contributed by atoms with E-state index in [2.05, 4.69) is 21.3 Å². The van der Waals surface area contributed by atoms with Crippen molar-refractivity contribution in [3.63, 3.8) is 0 Å². The lowest BCUT2D eigenvalue weighted by Gasteiger charge is -2.36. The summed E-state index contributed by atoms with van der Waals surface area (Å²) < 4.78 is 0. The second kappa shape index (κ2) is 20.7. The molecule has 4 atom stereocenters. The lowest BCUT2D eigenvalue weighted by Crippen LogP contribution is -2.60. The minimum absolute atomic E-state index is 0.00927.